The third-order valence-corrected chi connectivity index (χ3v) is 6.67. The monoisotopic (exact) mass is 355 g/mol. The molecule has 2 bridgehead atoms. The summed E-state index contributed by atoms with van der Waals surface area (Å²) in [6.07, 6.45) is 4.78. The lowest BCUT2D eigenvalue weighted by Crippen LogP contribution is -2.45. The highest BCUT2D eigenvalue weighted by molar-refractivity contribution is 6.01. The number of halogens is 1. The highest BCUT2D eigenvalue weighted by atomic mass is 19.1. The maximum atomic E-state index is 13.7. The van der Waals surface area contributed by atoms with Crippen molar-refractivity contribution in [3.63, 3.8) is 0 Å². The second kappa shape index (κ2) is 5.56. The van der Waals surface area contributed by atoms with Crippen molar-refractivity contribution in [1.29, 1.82) is 0 Å². The van der Waals surface area contributed by atoms with Gasteiger partial charge in [-0.25, -0.2) is 9.18 Å². The summed E-state index contributed by atoms with van der Waals surface area (Å²) in [5.41, 5.74) is 1.97. The van der Waals surface area contributed by atoms with Crippen molar-refractivity contribution in [2.24, 2.45) is 11.8 Å². The predicted molar refractivity (Wildman–Crippen MR) is 93.4 cm³/mol. The van der Waals surface area contributed by atoms with Crippen LogP contribution in [0.15, 0.2) is 35.5 Å². The summed E-state index contributed by atoms with van der Waals surface area (Å²) in [6, 6.07) is 5.59. The third-order valence-electron chi connectivity index (χ3n) is 6.67. The van der Waals surface area contributed by atoms with Gasteiger partial charge in [-0.05, 0) is 48.8 Å². The van der Waals surface area contributed by atoms with Crippen LogP contribution in [0.25, 0.3) is 0 Å². The van der Waals surface area contributed by atoms with Gasteiger partial charge in [-0.1, -0.05) is 18.6 Å². The molecule has 2 saturated carbocycles. The van der Waals surface area contributed by atoms with Crippen molar-refractivity contribution in [3.05, 3.63) is 46.9 Å². The molecular weight excluding hydrogens is 333 g/mol. The van der Waals surface area contributed by atoms with Crippen molar-refractivity contribution in [2.75, 3.05) is 13.6 Å². The molecule has 4 atom stereocenters. The van der Waals surface area contributed by atoms with Gasteiger partial charge in [0.25, 0.3) is 5.91 Å². The van der Waals surface area contributed by atoms with Gasteiger partial charge in [0.1, 0.15) is 5.82 Å². The van der Waals surface area contributed by atoms with E-state index in [4.69, 9.17) is 0 Å². The van der Waals surface area contributed by atoms with Crippen LogP contribution < -0.4 is 5.32 Å². The summed E-state index contributed by atoms with van der Waals surface area (Å²) >= 11 is 0. The molecule has 6 heteroatoms. The lowest BCUT2D eigenvalue weighted by atomic mass is 9.93. The molecule has 0 spiro atoms. The molecular formula is C20H22FN3O2. The number of hydrogen-bond acceptors (Lipinski definition) is 2. The molecule has 5 rings (SSSR count). The number of carbonyl (C=O) groups is 2. The number of nitrogens with zero attached hydrogens (tertiary/aromatic N) is 2. The lowest BCUT2D eigenvalue weighted by molar-refractivity contribution is -0.128. The minimum absolute atomic E-state index is 0.00124. The Morgan fingerprint density at radius 3 is 2.73 bits per heavy atom. The van der Waals surface area contributed by atoms with Crippen LogP contribution in [-0.2, 0) is 4.79 Å². The first-order valence-electron chi connectivity index (χ1n) is 9.36. The number of fused-ring (bicyclic) bond motifs is 2. The number of nitrogens with one attached hydrogen (secondary N) is 1. The number of hydrogen-bond donors (Lipinski definition) is 1. The van der Waals surface area contributed by atoms with E-state index in [1.165, 1.54) is 36.3 Å². The van der Waals surface area contributed by atoms with Crippen LogP contribution in [0.3, 0.4) is 0 Å². The van der Waals surface area contributed by atoms with E-state index in [1.807, 2.05) is 4.90 Å². The van der Waals surface area contributed by atoms with Crippen LogP contribution in [0.2, 0.25) is 0 Å². The number of likely N-dealkylation sites (N-methyl/N-ethyl adjacent to an activating group) is 1. The van der Waals surface area contributed by atoms with Crippen molar-refractivity contribution >= 4 is 11.9 Å². The van der Waals surface area contributed by atoms with Crippen molar-refractivity contribution in [3.8, 4) is 0 Å². The Labute approximate surface area is 151 Å². The molecule has 2 fully saturated rings. The van der Waals surface area contributed by atoms with Crippen LogP contribution in [0, 0.1) is 17.7 Å². The average molecular weight is 355 g/mol. The lowest BCUT2D eigenvalue weighted by Gasteiger charge is -2.32. The fraction of sp³-hybridized carbons (Fsp3) is 0.500. The molecule has 26 heavy (non-hydrogen) atoms. The Bertz CT molecular complexity index is 836. The molecule has 2 aliphatic carbocycles. The molecule has 0 saturated heterocycles. The average Bonchev–Trinajstić information content (AvgIpc) is 3.32. The van der Waals surface area contributed by atoms with E-state index in [0.29, 0.717) is 23.6 Å². The second-order valence-electron chi connectivity index (χ2n) is 8.03. The predicted octanol–water partition coefficient (Wildman–Crippen LogP) is 2.81. The molecule has 1 N–H and O–H groups in total. The molecule has 1 aromatic carbocycles. The zero-order valence-corrected chi connectivity index (χ0v) is 14.7. The quantitative estimate of drug-likeness (QED) is 0.887. The van der Waals surface area contributed by atoms with Crippen LogP contribution in [0.4, 0.5) is 9.18 Å². The maximum Gasteiger partial charge on any atom is 0.322 e. The topological polar surface area (TPSA) is 52.7 Å². The molecule has 136 valence electrons. The summed E-state index contributed by atoms with van der Waals surface area (Å²) < 4.78 is 13.7. The minimum Gasteiger partial charge on any atom is -0.330 e. The van der Waals surface area contributed by atoms with E-state index in [2.05, 4.69) is 5.32 Å². The first-order valence-corrected chi connectivity index (χ1v) is 9.36. The molecule has 2 heterocycles. The van der Waals surface area contributed by atoms with Gasteiger partial charge < -0.3 is 10.2 Å². The Kier molecular flexibility index (Phi) is 3.39. The molecule has 5 nitrogen and oxygen atoms in total. The highest BCUT2D eigenvalue weighted by Gasteiger charge is 2.50. The fourth-order valence-electron chi connectivity index (χ4n) is 5.39. The third kappa shape index (κ3) is 2.20. The van der Waals surface area contributed by atoms with Crippen LogP contribution in [0.5, 0.6) is 0 Å². The number of urea groups is 1. The van der Waals surface area contributed by atoms with Gasteiger partial charge in [0.05, 0.1) is 23.9 Å². The van der Waals surface area contributed by atoms with E-state index in [0.717, 1.165) is 18.0 Å². The van der Waals surface area contributed by atoms with Crippen LogP contribution >= 0.6 is 0 Å². The van der Waals surface area contributed by atoms with Crippen molar-refractivity contribution < 1.29 is 14.0 Å². The normalized spacial score (nSPS) is 33.2. The van der Waals surface area contributed by atoms with Crippen LogP contribution in [-0.4, -0.2) is 41.4 Å². The second-order valence-corrected chi connectivity index (χ2v) is 8.03. The van der Waals surface area contributed by atoms with E-state index < -0.39 is 6.04 Å². The largest absolute Gasteiger partial charge is 0.330 e. The smallest absolute Gasteiger partial charge is 0.322 e. The Balaban J connectivity index is 1.51. The zero-order chi connectivity index (χ0) is 18.0. The summed E-state index contributed by atoms with van der Waals surface area (Å²) in [7, 11) is 1.70. The Morgan fingerprint density at radius 2 is 2.04 bits per heavy atom. The van der Waals surface area contributed by atoms with Gasteiger partial charge in [0.15, 0.2) is 0 Å². The first kappa shape index (κ1) is 15.9. The van der Waals surface area contributed by atoms with Crippen LogP contribution in [0.1, 0.15) is 37.3 Å². The van der Waals surface area contributed by atoms with Gasteiger partial charge in [0.2, 0.25) is 0 Å². The molecule has 2 aliphatic heterocycles. The Morgan fingerprint density at radius 1 is 1.19 bits per heavy atom. The number of carbonyl (C=O) groups excluding carboxylic acids is 2. The molecule has 0 aromatic heterocycles. The van der Waals surface area contributed by atoms with Gasteiger partial charge in [-0.2, -0.15) is 0 Å². The number of benzene rings is 1. The van der Waals surface area contributed by atoms with Gasteiger partial charge >= 0.3 is 6.03 Å². The zero-order valence-electron chi connectivity index (χ0n) is 14.7. The molecule has 1 aromatic rings. The summed E-state index contributed by atoms with van der Waals surface area (Å²) in [6.45, 7) is 0.484. The van der Waals surface area contributed by atoms with Crippen molar-refractivity contribution in [1.82, 2.24) is 15.1 Å². The Hall–Kier alpha value is -2.37. The van der Waals surface area contributed by atoms with Crippen molar-refractivity contribution in [2.45, 2.75) is 37.8 Å². The molecule has 4 unspecified atom stereocenters. The summed E-state index contributed by atoms with van der Waals surface area (Å²) in [5.74, 6) is 0.964. The van der Waals surface area contributed by atoms with Gasteiger partial charge in [-0.3, -0.25) is 9.69 Å². The standard InChI is InChI=1S/C20H22FN3O2/c1-23-16-10-24(15-8-11-5-6-12(15)7-11)19(25)17(16)18(22-20(23)26)13-3-2-4-14(21)9-13/h2-4,9,11-12,15,18H,5-8,10H2,1H3,(H,22,26). The highest BCUT2D eigenvalue weighted by Crippen LogP contribution is 2.49. The summed E-state index contributed by atoms with van der Waals surface area (Å²) in [5, 5.41) is 2.87. The van der Waals surface area contributed by atoms with E-state index in [-0.39, 0.29) is 23.8 Å². The first-order chi connectivity index (χ1) is 12.5. The van der Waals surface area contributed by atoms with Gasteiger partial charge in [0, 0.05) is 13.1 Å². The number of rotatable bonds is 2. The molecule has 0 radical (unpaired) electrons. The SMILES string of the molecule is CN1C(=O)NC(c2cccc(F)c2)C2=C1CN(C1CC3CCC1C3)C2=O. The van der Waals surface area contributed by atoms with E-state index in [1.54, 1.807) is 19.2 Å². The van der Waals surface area contributed by atoms with E-state index in [9.17, 15) is 14.0 Å². The van der Waals surface area contributed by atoms with E-state index >= 15 is 0 Å². The molecule has 4 aliphatic rings. The summed E-state index contributed by atoms with van der Waals surface area (Å²) in [4.78, 5) is 29.3. The fourth-order valence-corrected chi connectivity index (χ4v) is 5.39. The van der Waals surface area contributed by atoms with Gasteiger partial charge in [-0.15, -0.1) is 0 Å². The minimum atomic E-state index is -0.583. The number of amides is 3. The maximum absolute atomic E-state index is 13.7. The molecule has 3 amide bonds.